The number of halogens is 1. The molecule has 9 nitrogen and oxygen atoms in total. The van der Waals surface area contributed by atoms with Crippen molar-refractivity contribution in [3.8, 4) is 0 Å². The Morgan fingerprint density at radius 3 is 2.37 bits per heavy atom. The first kappa shape index (κ1) is 23.7. The molecule has 0 radical (unpaired) electrons. The Hall–Kier alpha value is -2.53. The van der Waals surface area contributed by atoms with Crippen LogP contribution in [0.25, 0.3) is 0 Å². The Balaban J connectivity index is 2.22. The third-order valence-electron chi connectivity index (χ3n) is 4.44. The number of rotatable bonds is 8. The van der Waals surface area contributed by atoms with Crippen LogP contribution in [0.15, 0.2) is 23.1 Å². The molecule has 0 aliphatic heterocycles. The van der Waals surface area contributed by atoms with Crippen molar-refractivity contribution in [2.75, 3.05) is 20.8 Å². The van der Waals surface area contributed by atoms with E-state index in [0.29, 0.717) is 21.3 Å². The minimum atomic E-state index is -4.10. The molecule has 11 heteroatoms. The number of hydroxylamine groups is 1. The summed E-state index contributed by atoms with van der Waals surface area (Å²) in [4.78, 5) is 43.7. The quantitative estimate of drug-likeness (QED) is 0.368. The van der Waals surface area contributed by atoms with Crippen molar-refractivity contribution < 1.29 is 32.4 Å². The number of sulfonamides is 1. The number of carbonyl (C=O) groups excluding carboxylic acids is 3. The van der Waals surface area contributed by atoms with E-state index >= 15 is 0 Å². The van der Waals surface area contributed by atoms with Crippen molar-refractivity contribution in [2.45, 2.75) is 25.7 Å². The van der Waals surface area contributed by atoms with Crippen molar-refractivity contribution in [2.24, 2.45) is 0 Å². The fourth-order valence-corrected chi connectivity index (χ4v) is 4.38. The van der Waals surface area contributed by atoms with Crippen molar-refractivity contribution in [1.82, 2.24) is 9.45 Å². The number of aromatic amines is 1. The van der Waals surface area contributed by atoms with Crippen LogP contribution in [-0.4, -0.2) is 56.2 Å². The average molecular weight is 457 g/mol. The maximum atomic E-state index is 12.4. The molecule has 0 saturated carbocycles. The van der Waals surface area contributed by atoms with Crippen LogP contribution in [0.4, 0.5) is 0 Å². The van der Waals surface area contributed by atoms with Gasteiger partial charge in [-0.2, -0.15) is 0 Å². The van der Waals surface area contributed by atoms with Crippen LogP contribution in [-0.2, 0) is 19.6 Å². The molecule has 0 unspecified atom stereocenters. The van der Waals surface area contributed by atoms with Crippen molar-refractivity contribution >= 4 is 39.2 Å². The van der Waals surface area contributed by atoms with E-state index in [2.05, 4.69) is 4.98 Å². The molecule has 2 rings (SSSR count). The fourth-order valence-electron chi connectivity index (χ4n) is 2.91. The van der Waals surface area contributed by atoms with Crippen LogP contribution < -0.4 is 0 Å². The third-order valence-corrected chi connectivity index (χ3v) is 6.60. The van der Waals surface area contributed by atoms with Crippen molar-refractivity contribution in [3.63, 3.8) is 0 Å². The van der Waals surface area contributed by atoms with Crippen LogP contribution in [0, 0.1) is 13.8 Å². The highest BCUT2D eigenvalue weighted by atomic mass is 35.5. The lowest BCUT2D eigenvalue weighted by Crippen LogP contribution is -2.26. The highest BCUT2D eigenvalue weighted by molar-refractivity contribution is 7.89. The van der Waals surface area contributed by atoms with E-state index in [1.165, 1.54) is 26.1 Å². The Kier molecular flexibility index (Phi) is 7.19. The van der Waals surface area contributed by atoms with Gasteiger partial charge in [-0.05, 0) is 44.5 Å². The zero-order chi connectivity index (χ0) is 22.8. The zero-order valence-electron chi connectivity index (χ0n) is 17.0. The van der Waals surface area contributed by atoms with E-state index in [1.54, 1.807) is 13.8 Å². The molecule has 0 aliphatic rings. The number of nitrogens with one attached hydrogen (secondary N) is 1. The van der Waals surface area contributed by atoms with E-state index in [4.69, 9.17) is 21.2 Å². The molecular weight excluding hydrogens is 436 g/mol. The van der Waals surface area contributed by atoms with Gasteiger partial charge in [-0.15, -0.1) is 0 Å². The minimum Gasteiger partial charge on any atom is -0.454 e. The lowest BCUT2D eigenvalue weighted by molar-refractivity contribution is -0.0258. The standard InChI is InChI=1S/C19H21ClN2O7S/c1-10-17(12(3)23)11(2)21-18(10)15(24)9-29-19(25)13-6-7-14(20)16(8-13)30(26,27)22(4)28-5/h6-8,21H,9H2,1-5H3. The van der Waals surface area contributed by atoms with E-state index in [9.17, 15) is 22.8 Å². The second kappa shape index (κ2) is 9.09. The SMILES string of the molecule is CON(C)S(=O)(=O)c1cc(C(=O)OCC(=O)c2[nH]c(C)c(C(C)=O)c2C)ccc1Cl. The number of nitrogens with zero attached hydrogens (tertiary/aromatic N) is 1. The number of hydrogen-bond donors (Lipinski definition) is 1. The lowest BCUT2D eigenvalue weighted by Gasteiger charge is -2.15. The Labute approximate surface area is 178 Å². The molecule has 162 valence electrons. The first-order valence-electron chi connectivity index (χ1n) is 8.64. The summed E-state index contributed by atoms with van der Waals surface area (Å²) < 4.78 is 30.5. The normalized spacial score (nSPS) is 11.6. The molecule has 0 spiro atoms. The minimum absolute atomic E-state index is 0.110. The van der Waals surface area contributed by atoms with Gasteiger partial charge in [0.1, 0.15) is 4.90 Å². The second-order valence-corrected chi connectivity index (χ2v) is 8.73. The molecule has 1 N–H and O–H groups in total. The molecule has 1 aromatic carbocycles. The van der Waals surface area contributed by atoms with Gasteiger partial charge in [-0.3, -0.25) is 14.4 Å². The number of ketones is 2. The number of Topliss-reactive ketones (excluding diaryl/α,β-unsaturated/α-hetero) is 2. The van der Waals surface area contributed by atoms with Crippen molar-refractivity contribution in [1.29, 1.82) is 0 Å². The number of esters is 1. The van der Waals surface area contributed by atoms with Crippen LogP contribution in [0.3, 0.4) is 0 Å². The maximum absolute atomic E-state index is 12.4. The van der Waals surface area contributed by atoms with E-state index < -0.39 is 28.4 Å². The summed E-state index contributed by atoms with van der Waals surface area (Å²) in [7, 11) is -1.76. The predicted molar refractivity (Wildman–Crippen MR) is 108 cm³/mol. The summed E-state index contributed by atoms with van der Waals surface area (Å²) in [6.45, 7) is 4.08. The van der Waals surface area contributed by atoms with Gasteiger partial charge in [0.15, 0.2) is 12.4 Å². The second-order valence-electron chi connectivity index (χ2n) is 6.42. The lowest BCUT2D eigenvalue weighted by atomic mass is 10.1. The number of aromatic nitrogens is 1. The van der Waals surface area contributed by atoms with Crippen LogP contribution in [0.1, 0.15) is 49.4 Å². The van der Waals surface area contributed by atoms with Crippen LogP contribution >= 0.6 is 11.6 Å². The highest BCUT2D eigenvalue weighted by Crippen LogP contribution is 2.26. The largest absolute Gasteiger partial charge is 0.454 e. The van der Waals surface area contributed by atoms with Gasteiger partial charge in [-0.1, -0.05) is 16.1 Å². The fraction of sp³-hybridized carbons (Fsp3) is 0.316. The number of hydrogen-bond acceptors (Lipinski definition) is 7. The molecule has 0 atom stereocenters. The molecule has 0 amide bonds. The Bertz CT molecular complexity index is 1120. The summed E-state index contributed by atoms with van der Waals surface area (Å²) in [5, 5.41) is -0.110. The first-order valence-corrected chi connectivity index (χ1v) is 10.5. The molecule has 0 fully saturated rings. The summed E-state index contributed by atoms with van der Waals surface area (Å²) in [5.41, 5.74) is 1.50. The molecular formula is C19H21ClN2O7S. The average Bonchev–Trinajstić information content (AvgIpc) is 2.99. The summed E-state index contributed by atoms with van der Waals surface area (Å²) in [5.74, 6) is -1.63. The Morgan fingerprint density at radius 1 is 1.20 bits per heavy atom. The summed E-state index contributed by atoms with van der Waals surface area (Å²) in [6.07, 6.45) is 0. The van der Waals surface area contributed by atoms with Crippen LogP contribution in [0.2, 0.25) is 5.02 Å². The summed E-state index contributed by atoms with van der Waals surface area (Å²) >= 11 is 5.95. The summed E-state index contributed by atoms with van der Waals surface area (Å²) in [6, 6.07) is 3.55. The molecule has 1 heterocycles. The maximum Gasteiger partial charge on any atom is 0.338 e. The van der Waals surface area contributed by atoms with Gasteiger partial charge in [0, 0.05) is 18.3 Å². The number of H-pyrrole nitrogens is 1. The molecule has 0 bridgehead atoms. The van der Waals surface area contributed by atoms with Crippen LogP contribution in [0.5, 0.6) is 0 Å². The topological polar surface area (TPSA) is 123 Å². The van der Waals surface area contributed by atoms with E-state index in [-0.39, 0.29) is 27.0 Å². The van der Waals surface area contributed by atoms with Gasteiger partial charge >= 0.3 is 5.97 Å². The third kappa shape index (κ3) is 4.62. The smallest absolute Gasteiger partial charge is 0.338 e. The number of ether oxygens (including phenoxy) is 1. The van der Waals surface area contributed by atoms with Gasteiger partial charge < -0.3 is 9.72 Å². The molecule has 0 aliphatic carbocycles. The molecule has 0 saturated heterocycles. The van der Waals surface area contributed by atoms with Gasteiger partial charge in [-0.25, -0.2) is 13.2 Å². The van der Waals surface area contributed by atoms with E-state index in [1.807, 2.05) is 0 Å². The monoisotopic (exact) mass is 456 g/mol. The van der Waals surface area contributed by atoms with Crippen molar-refractivity contribution in [3.05, 3.63) is 51.3 Å². The molecule has 30 heavy (non-hydrogen) atoms. The zero-order valence-corrected chi connectivity index (χ0v) is 18.6. The van der Waals surface area contributed by atoms with Gasteiger partial charge in [0.2, 0.25) is 5.78 Å². The Morgan fingerprint density at radius 2 is 1.83 bits per heavy atom. The number of carbonyl (C=O) groups is 3. The molecule has 1 aromatic heterocycles. The van der Waals surface area contributed by atoms with E-state index in [0.717, 1.165) is 13.2 Å². The van der Waals surface area contributed by atoms with Gasteiger partial charge in [0.25, 0.3) is 10.0 Å². The number of aryl methyl sites for hydroxylation is 1. The highest BCUT2D eigenvalue weighted by Gasteiger charge is 2.26. The van der Waals surface area contributed by atoms with Gasteiger partial charge in [0.05, 0.1) is 23.4 Å². The first-order chi connectivity index (χ1) is 13.9. The molecule has 2 aromatic rings. The number of benzene rings is 1. The predicted octanol–water partition coefficient (Wildman–Crippen LogP) is 2.71.